The molecule has 0 aliphatic heterocycles. The Labute approximate surface area is 97.5 Å². The molecule has 0 aliphatic rings. The van der Waals surface area contributed by atoms with Crippen molar-refractivity contribution < 1.29 is 13.5 Å². The van der Waals surface area contributed by atoms with E-state index in [2.05, 4.69) is 20.7 Å². The van der Waals surface area contributed by atoms with Gasteiger partial charge in [-0.2, -0.15) is 0 Å². The topological polar surface area (TPSA) is 66.4 Å². The standard InChI is InChI=1S/C9H12BrNO3S/c1-7(12)6-11-15(13,14)9-4-2-8(10)3-5-9/h2-5,7,11-12H,6H2,1H3/t7-/m0/s1. The number of benzene rings is 1. The molecule has 0 amide bonds. The van der Waals surface area contributed by atoms with Gasteiger partial charge in [-0.1, -0.05) is 15.9 Å². The van der Waals surface area contributed by atoms with Crippen LogP contribution in [0.3, 0.4) is 0 Å². The second kappa shape index (κ2) is 5.07. The molecular formula is C9H12BrNO3S. The number of aliphatic hydroxyl groups is 1. The van der Waals surface area contributed by atoms with E-state index >= 15 is 0 Å². The van der Waals surface area contributed by atoms with Crippen LogP contribution in [0.25, 0.3) is 0 Å². The van der Waals surface area contributed by atoms with Crippen LogP contribution in [0.1, 0.15) is 6.92 Å². The van der Waals surface area contributed by atoms with Gasteiger partial charge in [0.25, 0.3) is 0 Å². The zero-order chi connectivity index (χ0) is 11.5. The summed E-state index contributed by atoms with van der Waals surface area (Å²) in [5.74, 6) is 0. The first-order chi connectivity index (χ1) is 6.92. The van der Waals surface area contributed by atoms with Gasteiger partial charge in [-0.3, -0.25) is 0 Å². The predicted octanol–water partition coefficient (Wildman–Crippen LogP) is 1.11. The molecule has 1 rings (SSSR count). The minimum absolute atomic E-state index is 0.0123. The van der Waals surface area contributed by atoms with E-state index in [1.54, 1.807) is 12.1 Å². The third kappa shape index (κ3) is 3.90. The van der Waals surface area contributed by atoms with Crippen LogP contribution in [0.15, 0.2) is 33.6 Å². The molecule has 15 heavy (non-hydrogen) atoms. The molecule has 0 saturated carbocycles. The number of hydrogen-bond acceptors (Lipinski definition) is 3. The van der Waals surface area contributed by atoms with Crippen LogP contribution in [0, 0.1) is 0 Å². The minimum atomic E-state index is -3.50. The molecule has 6 heteroatoms. The molecule has 0 saturated heterocycles. The first kappa shape index (κ1) is 12.6. The number of hydrogen-bond donors (Lipinski definition) is 2. The van der Waals surface area contributed by atoms with E-state index in [4.69, 9.17) is 5.11 Å². The SMILES string of the molecule is C[C@H](O)CNS(=O)(=O)c1ccc(Br)cc1. The van der Waals surface area contributed by atoms with E-state index in [1.807, 2.05) is 0 Å². The third-order valence-corrected chi connectivity index (χ3v) is 3.66. The van der Waals surface area contributed by atoms with E-state index in [0.717, 1.165) is 4.47 Å². The van der Waals surface area contributed by atoms with E-state index in [9.17, 15) is 8.42 Å². The summed E-state index contributed by atoms with van der Waals surface area (Å²) in [5, 5.41) is 8.97. The maximum Gasteiger partial charge on any atom is 0.240 e. The lowest BCUT2D eigenvalue weighted by Gasteiger charge is -2.08. The largest absolute Gasteiger partial charge is 0.392 e. The van der Waals surface area contributed by atoms with E-state index in [-0.39, 0.29) is 11.4 Å². The summed E-state index contributed by atoms with van der Waals surface area (Å²) in [6, 6.07) is 6.29. The van der Waals surface area contributed by atoms with Crippen molar-refractivity contribution in [2.45, 2.75) is 17.9 Å². The van der Waals surface area contributed by atoms with Crippen molar-refractivity contribution in [3.63, 3.8) is 0 Å². The molecule has 4 nitrogen and oxygen atoms in total. The molecule has 84 valence electrons. The molecule has 0 bridgehead atoms. The van der Waals surface area contributed by atoms with E-state index in [0.29, 0.717) is 0 Å². The summed E-state index contributed by atoms with van der Waals surface area (Å²) in [6.45, 7) is 1.53. The monoisotopic (exact) mass is 293 g/mol. The van der Waals surface area contributed by atoms with Gasteiger partial charge in [0, 0.05) is 11.0 Å². The van der Waals surface area contributed by atoms with Crippen molar-refractivity contribution in [1.82, 2.24) is 4.72 Å². The smallest absolute Gasteiger partial charge is 0.240 e. The van der Waals surface area contributed by atoms with Crippen LogP contribution in [-0.4, -0.2) is 26.2 Å². The van der Waals surface area contributed by atoms with Crippen molar-refractivity contribution in [1.29, 1.82) is 0 Å². The second-order valence-electron chi connectivity index (χ2n) is 3.15. The summed E-state index contributed by atoms with van der Waals surface area (Å²) < 4.78 is 26.3. The van der Waals surface area contributed by atoms with Crippen LogP contribution >= 0.6 is 15.9 Å². The van der Waals surface area contributed by atoms with Crippen LogP contribution in [0.2, 0.25) is 0 Å². The summed E-state index contributed by atoms with van der Waals surface area (Å²) in [4.78, 5) is 0.186. The lowest BCUT2D eigenvalue weighted by atomic mass is 10.4. The zero-order valence-corrected chi connectivity index (χ0v) is 10.5. The van der Waals surface area contributed by atoms with E-state index in [1.165, 1.54) is 19.1 Å². The van der Waals surface area contributed by atoms with E-state index < -0.39 is 16.1 Å². The summed E-state index contributed by atoms with van der Waals surface area (Å²) in [5.41, 5.74) is 0. The zero-order valence-electron chi connectivity index (χ0n) is 8.14. The average molecular weight is 294 g/mol. The van der Waals surface area contributed by atoms with Gasteiger partial charge in [-0.25, -0.2) is 13.1 Å². The van der Waals surface area contributed by atoms with Gasteiger partial charge < -0.3 is 5.11 Å². The van der Waals surface area contributed by atoms with Gasteiger partial charge in [-0.05, 0) is 31.2 Å². The van der Waals surface area contributed by atoms with Crippen LogP contribution in [-0.2, 0) is 10.0 Å². The fourth-order valence-corrected chi connectivity index (χ4v) is 2.31. The number of nitrogens with one attached hydrogen (secondary N) is 1. The highest BCUT2D eigenvalue weighted by Crippen LogP contribution is 2.14. The van der Waals surface area contributed by atoms with Crippen molar-refractivity contribution in [3.8, 4) is 0 Å². The Bertz CT molecular complexity index is 413. The first-order valence-electron chi connectivity index (χ1n) is 4.35. The summed E-state index contributed by atoms with van der Waals surface area (Å²) >= 11 is 3.22. The van der Waals surface area contributed by atoms with Crippen LogP contribution in [0.4, 0.5) is 0 Å². The van der Waals surface area contributed by atoms with Crippen molar-refractivity contribution in [3.05, 3.63) is 28.7 Å². The van der Waals surface area contributed by atoms with Crippen molar-refractivity contribution >= 4 is 26.0 Å². The third-order valence-electron chi connectivity index (χ3n) is 1.69. The molecule has 1 atom stereocenters. The highest BCUT2D eigenvalue weighted by molar-refractivity contribution is 9.10. The molecule has 1 aromatic carbocycles. The van der Waals surface area contributed by atoms with Crippen LogP contribution < -0.4 is 4.72 Å². The minimum Gasteiger partial charge on any atom is -0.392 e. The quantitative estimate of drug-likeness (QED) is 0.874. The molecule has 2 N–H and O–H groups in total. The Hall–Kier alpha value is -0.430. The summed E-state index contributed by atoms with van der Waals surface area (Å²) in [6.07, 6.45) is -0.699. The Morgan fingerprint density at radius 3 is 2.40 bits per heavy atom. The molecule has 0 aliphatic carbocycles. The number of sulfonamides is 1. The molecule has 0 radical (unpaired) electrons. The highest BCUT2D eigenvalue weighted by Gasteiger charge is 2.13. The summed E-state index contributed by atoms with van der Waals surface area (Å²) in [7, 11) is -3.50. The molecule has 0 unspecified atom stereocenters. The van der Waals surface area contributed by atoms with Gasteiger partial charge >= 0.3 is 0 Å². The first-order valence-corrected chi connectivity index (χ1v) is 6.63. The second-order valence-corrected chi connectivity index (χ2v) is 5.84. The Morgan fingerprint density at radius 2 is 1.93 bits per heavy atom. The molecule has 0 aromatic heterocycles. The number of rotatable bonds is 4. The maximum absolute atomic E-state index is 11.6. The number of halogens is 1. The predicted molar refractivity (Wildman–Crippen MR) is 61.0 cm³/mol. The average Bonchev–Trinajstić information content (AvgIpc) is 2.16. The van der Waals surface area contributed by atoms with Crippen LogP contribution in [0.5, 0.6) is 0 Å². The van der Waals surface area contributed by atoms with Gasteiger partial charge in [0.05, 0.1) is 11.0 Å². The van der Waals surface area contributed by atoms with Gasteiger partial charge in [0.15, 0.2) is 0 Å². The Kier molecular flexibility index (Phi) is 4.27. The lowest BCUT2D eigenvalue weighted by Crippen LogP contribution is -2.30. The van der Waals surface area contributed by atoms with Crippen molar-refractivity contribution in [2.75, 3.05) is 6.54 Å². The normalized spacial score (nSPS) is 13.8. The van der Waals surface area contributed by atoms with Gasteiger partial charge in [0.1, 0.15) is 0 Å². The maximum atomic E-state index is 11.6. The van der Waals surface area contributed by atoms with Crippen molar-refractivity contribution in [2.24, 2.45) is 0 Å². The molecule has 0 heterocycles. The highest BCUT2D eigenvalue weighted by atomic mass is 79.9. The molecule has 1 aromatic rings. The lowest BCUT2D eigenvalue weighted by molar-refractivity contribution is 0.198. The molecule has 0 spiro atoms. The van der Waals surface area contributed by atoms with Gasteiger partial charge in [0.2, 0.25) is 10.0 Å². The molecule has 0 fully saturated rings. The Balaban J connectivity index is 2.82. The fraction of sp³-hybridized carbons (Fsp3) is 0.333. The van der Waals surface area contributed by atoms with Gasteiger partial charge in [-0.15, -0.1) is 0 Å². The fourth-order valence-electron chi connectivity index (χ4n) is 0.927. The number of aliphatic hydroxyl groups excluding tert-OH is 1. The molecular weight excluding hydrogens is 282 g/mol. The Morgan fingerprint density at radius 1 is 1.40 bits per heavy atom.